The molecule has 1 saturated carbocycles. The second-order valence-corrected chi connectivity index (χ2v) is 16.7. The highest BCUT2D eigenvalue weighted by molar-refractivity contribution is 5.77. The Kier molecular flexibility index (Phi) is 17.6. The highest BCUT2D eigenvalue weighted by Crippen LogP contribution is 2.47. The van der Waals surface area contributed by atoms with E-state index in [0.29, 0.717) is 0 Å². The molecule has 0 N–H and O–H groups in total. The van der Waals surface area contributed by atoms with Crippen LogP contribution in [0, 0.1) is 21.7 Å². The van der Waals surface area contributed by atoms with E-state index in [1.54, 1.807) is 0 Å². The molecule has 0 saturated heterocycles. The fraction of sp³-hybridized carbons (Fsp3) is 0.921. The fourth-order valence-corrected chi connectivity index (χ4v) is 4.42. The maximum absolute atomic E-state index is 12.3. The topological polar surface area (TPSA) is 78.9 Å². The number of ether oxygens (including phenoxy) is 3. The van der Waals surface area contributed by atoms with Crippen molar-refractivity contribution in [2.45, 2.75) is 206 Å². The molecule has 0 atom stereocenters. The van der Waals surface area contributed by atoms with Gasteiger partial charge in [0.2, 0.25) is 0 Å². The maximum Gasteiger partial charge on any atom is 0.312 e. The molecule has 0 amide bonds. The van der Waals surface area contributed by atoms with Gasteiger partial charge in [0.1, 0.15) is 16.8 Å². The van der Waals surface area contributed by atoms with Crippen LogP contribution in [0.3, 0.4) is 0 Å². The SMILES string of the molecule is CCC(C)(C)C(=O)OC(C)(C)C.CCC(C)(C)C(=O)OC1(C(C)(C)C)CCCC1.CCC(CC)(CC)OC(=O)C(C)(C)CC. The summed E-state index contributed by atoms with van der Waals surface area (Å²) >= 11 is 0. The van der Waals surface area contributed by atoms with Crippen molar-refractivity contribution in [3.63, 3.8) is 0 Å². The normalized spacial score (nSPS) is 15.7. The summed E-state index contributed by atoms with van der Waals surface area (Å²) in [6, 6.07) is 0. The van der Waals surface area contributed by atoms with Gasteiger partial charge in [0.25, 0.3) is 0 Å². The zero-order valence-electron chi connectivity index (χ0n) is 32.5. The zero-order chi connectivity index (χ0) is 35.4. The third-order valence-corrected chi connectivity index (χ3v) is 10.0. The quantitative estimate of drug-likeness (QED) is 0.168. The molecule has 0 radical (unpaired) electrons. The summed E-state index contributed by atoms with van der Waals surface area (Å²) in [7, 11) is 0. The molecule has 1 aliphatic rings. The highest BCUT2D eigenvalue weighted by atomic mass is 16.6. The molecule has 0 bridgehead atoms. The Labute approximate surface area is 273 Å². The summed E-state index contributed by atoms with van der Waals surface area (Å²) in [5, 5.41) is 0. The number of carbonyl (C=O) groups is 3. The molecule has 0 aromatic rings. The number of hydrogen-bond acceptors (Lipinski definition) is 6. The third kappa shape index (κ3) is 13.8. The average molecular weight is 627 g/mol. The molecule has 6 heteroatoms. The Bertz CT molecular complexity index is 864. The van der Waals surface area contributed by atoms with Crippen LogP contribution in [0.15, 0.2) is 0 Å². The van der Waals surface area contributed by atoms with Crippen LogP contribution in [0.2, 0.25) is 0 Å². The van der Waals surface area contributed by atoms with E-state index in [1.165, 1.54) is 12.8 Å². The molecule has 1 aliphatic carbocycles. The van der Waals surface area contributed by atoms with Crippen molar-refractivity contribution in [1.82, 2.24) is 0 Å². The van der Waals surface area contributed by atoms with Crippen molar-refractivity contribution < 1.29 is 28.6 Å². The van der Waals surface area contributed by atoms with Crippen LogP contribution in [0.4, 0.5) is 0 Å². The van der Waals surface area contributed by atoms with Gasteiger partial charge in [-0.2, -0.15) is 0 Å². The van der Waals surface area contributed by atoms with Gasteiger partial charge in [-0.05, 0) is 127 Å². The van der Waals surface area contributed by atoms with Crippen LogP contribution in [0.1, 0.15) is 189 Å². The summed E-state index contributed by atoms with van der Waals surface area (Å²) < 4.78 is 16.9. The fourth-order valence-electron chi connectivity index (χ4n) is 4.42. The van der Waals surface area contributed by atoms with E-state index in [0.717, 1.165) is 51.4 Å². The van der Waals surface area contributed by atoms with E-state index in [2.05, 4.69) is 41.5 Å². The lowest BCUT2D eigenvalue weighted by atomic mass is 9.74. The summed E-state index contributed by atoms with van der Waals surface area (Å²) in [4.78, 5) is 35.7. The minimum atomic E-state index is -0.372. The van der Waals surface area contributed by atoms with Gasteiger partial charge in [0.15, 0.2) is 0 Å². The van der Waals surface area contributed by atoms with E-state index >= 15 is 0 Å². The van der Waals surface area contributed by atoms with Crippen molar-refractivity contribution in [3.05, 3.63) is 0 Å². The lowest BCUT2D eigenvalue weighted by Crippen LogP contribution is -2.47. The first-order chi connectivity index (χ1) is 19.7. The molecular formula is C38H74O6. The Balaban J connectivity index is 0. The molecule has 0 aromatic carbocycles. The first kappa shape index (κ1) is 44.5. The van der Waals surface area contributed by atoms with Gasteiger partial charge in [-0.3, -0.25) is 14.4 Å². The Hall–Kier alpha value is -1.59. The van der Waals surface area contributed by atoms with E-state index in [9.17, 15) is 14.4 Å². The predicted molar refractivity (Wildman–Crippen MR) is 185 cm³/mol. The molecular weight excluding hydrogens is 552 g/mol. The first-order valence-electron chi connectivity index (χ1n) is 17.4. The van der Waals surface area contributed by atoms with Gasteiger partial charge in [-0.1, -0.05) is 62.3 Å². The van der Waals surface area contributed by atoms with Crippen molar-refractivity contribution in [1.29, 1.82) is 0 Å². The third-order valence-electron chi connectivity index (χ3n) is 10.0. The van der Waals surface area contributed by atoms with Crippen LogP contribution >= 0.6 is 0 Å². The molecule has 262 valence electrons. The molecule has 1 fully saturated rings. The standard InChI is InChI=1S/C15H28O2.C13H26O2.C10H20O2/c1-7-14(5,6)12(16)17-15(13(2,3)4)10-8-9-11-15;1-7-12(5,6)11(14)15-13(8-2,9-3)10-4;1-7-10(5,6)8(11)12-9(2,3)4/h7-11H2,1-6H3;7-10H2,1-6H3;7H2,1-6H3. The van der Waals surface area contributed by atoms with Crippen molar-refractivity contribution in [2.24, 2.45) is 21.7 Å². The van der Waals surface area contributed by atoms with Crippen molar-refractivity contribution in [3.8, 4) is 0 Å². The minimum Gasteiger partial charge on any atom is -0.460 e. The molecule has 0 aromatic heterocycles. The lowest BCUT2D eigenvalue weighted by Gasteiger charge is -2.42. The van der Waals surface area contributed by atoms with Crippen LogP contribution in [-0.2, 0) is 28.6 Å². The Morgan fingerprint density at radius 3 is 1.09 bits per heavy atom. The van der Waals surface area contributed by atoms with Crippen LogP contribution in [-0.4, -0.2) is 34.7 Å². The Morgan fingerprint density at radius 2 is 0.818 bits per heavy atom. The maximum atomic E-state index is 12.3. The van der Waals surface area contributed by atoms with Gasteiger partial charge >= 0.3 is 17.9 Å². The van der Waals surface area contributed by atoms with Crippen LogP contribution in [0.5, 0.6) is 0 Å². The first-order valence-corrected chi connectivity index (χ1v) is 17.4. The molecule has 0 heterocycles. The molecule has 0 unspecified atom stereocenters. The monoisotopic (exact) mass is 627 g/mol. The van der Waals surface area contributed by atoms with Crippen LogP contribution in [0.25, 0.3) is 0 Å². The number of esters is 3. The summed E-state index contributed by atoms with van der Waals surface area (Å²) in [6.07, 6.45) is 9.52. The van der Waals surface area contributed by atoms with E-state index < -0.39 is 0 Å². The molecule has 1 rings (SSSR count). The van der Waals surface area contributed by atoms with Crippen molar-refractivity contribution in [2.75, 3.05) is 0 Å². The molecule has 44 heavy (non-hydrogen) atoms. The predicted octanol–water partition coefficient (Wildman–Crippen LogP) is 11.0. The van der Waals surface area contributed by atoms with Gasteiger partial charge < -0.3 is 14.2 Å². The highest BCUT2D eigenvalue weighted by Gasteiger charge is 2.49. The van der Waals surface area contributed by atoms with Gasteiger partial charge in [0.05, 0.1) is 16.2 Å². The second kappa shape index (κ2) is 17.4. The summed E-state index contributed by atoms with van der Waals surface area (Å²) in [5.41, 5.74) is -1.90. The number of carbonyl (C=O) groups excluding carboxylic acids is 3. The van der Waals surface area contributed by atoms with E-state index in [-0.39, 0.29) is 56.4 Å². The number of rotatable bonds is 11. The average Bonchev–Trinajstić information content (AvgIpc) is 3.41. The van der Waals surface area contributed by atoms with Crippen molar-refractivity contribution >= 4 is 17.9 Å². The molecule has 6 nitrogen and oxygen atoms in total. The zero-order valence-corrected chi connectivity index (χ0v) is 32.5. The van der Waals surface area contributed by atoms with E-state index in [1.807, 2.05) is 83.1 Å². The van der Waals surface area contributed by atoms with Gasteiger partial charge in [-0.15, -0.1) is 0 Å². The van der Waals surface area contributed by atoms with E-state index in [4.69, 9.17) is 14.2 Å². The van der Waals surface area contributed by atoms with Crippen LogP contribution < -0.4 is 0 Å². The van der Waals surface area contributed by atoms with Gasteiger partial charge in [-0.25, -0.2) is 0 Å². The largest absolute Gasteiger partial charge is 0.460 e. The number of hydrogen-bond donors (Lipinski definition) is 0. The Morgan fingerprint density at radius 1 is 0.500 bits per heavy atom. The lowest BCUT2D eigenvalue weighted by molar-refractivity contribution is -0.183. The molecule has 0 aliphatic heterocycles. The second-order valence-electron chi connectivity index (χ2n) is 16.7. The summed E-state index contributed by atoms with van der Waals surface area (Å²) in [6.45, 7) is 36.2. The summed E-state index contributed by atoms with van der Waals surface area (Å²) in [5.74, 6) is -0.204. The molecule has 0 spiro atoms. The smallest absolute Gasteiger partial charge is 0.312 e. The van der Waals surface area contributed by atoms with Gasteiger partial charge in [0, 0.05) is 5.41 Å². The minimum absolute atomic E-state index is 0.0307.